The Morgan fingerprint density at radius 1 is 0.938 bits per heavy atom. The summed E-state index contributed by atoms with van der Waals surface area (Å²) in [5.74, 6) is -3.62. The van der Waals surface area contributed by atoms with E-state index in [9.17, 15) is 27.2 Å². The normalized spacial score (nSPS) is 11.5. The monoisotopic (exact) mass is 442 g/mol. The third-order valence-electron chi connectivity index (χ3n) is 4.63. The molecule has 4 aromatic rings. The molecule has 0 saturated heterocycles. The van der Waals surface area contributed by atoms with Gasteiger partial charge in [-0.05, 0) is 43.3 Å². The van der Waals surface area contributed by atoms with E-state index in [2.05, 4.69) is 10.1 Å². The Bertz CT molecular complexity index is 1330. The van der Waals surface area contributed by atoms with Crippen LogP contribution in [0.2, 0.25) is 0 Å². The number of alkyl halides is 3. The standard InChI is InChI=1S/C22H14F4N4O2/c1-12-2-4-14(5-3-12)19(31)16-10-11-17-27-20(28-21(32)22(24,25)26)18(30(17)29-16)13-6-8-15(23)9-7-13/h2-11H,1H3,(H,28,32). The predicted molar refractivity (Wildman–Crippen MR) is 108 cm³/mol. The van der Waals surface area contributed by atoms with E-state index in [0.717, 1.165) is 22.2 Å². The van der Waals surface area contributed by atoms with Crippen LogP contribution in [0.25, 0.3) is 16.9 Å². The van der Waals surface area contributed by atoms with E-state index in [-0.39, 0.29) is 22.6 Å². The van der Waals surface area contributed by atoms with Crippen molar-refractivity contribution in [2.24, 2.45) is 0 Å². The molecule has 0 atom stereocenters. The molecule has 32 heavy (non-hydrogen) atoms. The fourth-order valence-electron chi connectivity index (χ4n) is 3.04. The van der Waals surface area contributed by atoms with Crippen molar-refractivity contribution in [1.82, 2.24) is 14.6 Å². The van der Waals surface area contributed by atoms with Gasteiger partial charge in [0.2, 0.25) is 5.78 Å². The number of aromatic nitrogens is 3. The lowest BCUT2D eigenvalue weighted by molar-refractivity contribution is -0.167. The second-order valence-electron chi connectivity index (χ2n) is 6.95. The first kappa shape index (κ1) is 21.2. The Balaban J connectivity index is 1.86. The molecule has 0 spiro atoms. The topological polar surface area (TPSA) is 76.4 Å². The van der Waals surface area contributed by atoms with Crippen LogP contribution < -0.4 is 5.32 Å². The maximum atomic E-state index is 13.4. The minimum absolute atomic E-state index is 0.0100. The first-order chi connectivity index (χ1) is 15.1. The van der Waals surface area contributed by atoms with E-state index >= 15 is 0 Å². The molecule has 10 heteroatoms. The molecule has 0 radical (unpaired) electrons. The average molecular weight is 442 g/mol. The van der Waals surface area contributed by atoms with Crippen LogP contribution >= 0.6 is 0 Å². The van der Waals surface area contributed by atoms with Gasteiger partial charge in [0.25, 0.3) is 0 Å². The second kappa shape index (κ2) is 7.88. The van der Waals surface area contributed by atoms with Crippen LogP contribution in [0.5, 0.6) is 0 Å². The molecule has 0 aliphatic heterocycles. The van der Waals surface area contributed by atoms with Gasteiger partial charge < -0.3 is 5.32 Å². The smallest absolute Gasteiger partial charge is 0.301 e. The number of halogens is 4. The largest absolute Gasteiger partial charge is 0.471 e. The summed E-state index contributed by atoms with van der Waals surface area (Å²) >= 11 is 0. The average Bonchev–Trinajstić information content (AvgIpc) is 3.10. The molecule has 0 fully saturated rings. The number of aryl methyl sites for hydroxylation is 1. The van der Waals surface area contributed by atoms with Gasteiger partial charge >= 0.3 is 12.1 Å². The number of nitrogens with one attached hydrogen (secondary N) is 1. The van der Waals surface area contributed by atoms with Crippen LogP contribution in [0.1, 0.15) is 21.6 Å². The lowest BCUT2D eigenvalue weighted by Crippen LogP contribution is -2.30. The highest BCUT2D eigenvalue weighted by Crippen LogP contribution is 2.30. The molecule has 2 aromatic carbocycles. The van der Waals surface area contributed by atoms with Crippen LogP contribution in [0.4, 0.5) is 23.4 Å². The van der Waals surface area contributed by atoms with Crippen molar-refractivity contribution in [3.63, 3.8) is 0 Å². The number of benzene rings is 2. The van der Waals surface area contributed by atoms with E-state index in [1.165, 1.54) is 24.3 Å². The Morgan fingerprint density at radius 3 is 2.22 bits per heavy atom. The van der Waals surface area contributed by atoms with Crippen molar-refractivity contribution in [3.05, 3.63) is 83.3 Å². The number of rotatable bonds is 4. The van der Waals surface area contributed by atoms with E-state index < -0.39 is 29.5 Å². The molecular weight excluding hydrogens is 428 g/mol. The molecule has 0 unspecified atom stereocenters. The molecule has 1 amide bonds. The number of hydrogen-bond donors (Lipinski definition) is 1. The fourth-order valence-corrected chi connectivity index (χ4v) is 3.04. The van der Waals surface area contributed by atoms with Gasteiger partial charge in [0, 0.05) is 11.1 Å². The van der Waals surface area contributed by atoms with Gasteiger partial charge in [-0.1, -0.05) is 29.8 Å². The summed E-state index contributed by atoms with van der Waals surface area (Å²) in [4.78, 5) is 28.4. The molecule has 0 saturated carbocycles. The SMILES string of the molecule is Cc1ccc(C(=O)c2ccc3nc(NC(=O)C(F)(F)F)c(-c4ccc(F)cc4)n3n2)cc1. The number of ketones is 1. The minimum Gasteiger partial charge on any atom is -0.301 e. The first-order valence-electron chi connectivity index (χ1n) is 9.29. The number of carbonyl (C=O) groups excluding carboxylic acids is 2. The Kier molecular flexibility index (Phi) is 5.21. The summed E-state index contributed by atoms with van der Waals surface area (Å²) in [7, 11) is 0. The number of nitrogens with zero attached hydrogens (tertiary/aromatic N) is 3. The molecule has 1 N–H and O–H groups in total. The highest BCUT2D eigenvalue weighted by atomic mass is 19.4. The second-order valence-corrected chi connectivity index (χ2v) is 6.95. The van der Waals surface area contributed by atoms with Crippen molar-refractivity contribution in [2.75, 3.05) is 5.32 Å². The van der Waals surface area contributed by atoms with Gasteiger partial charge in [0.15, 0.2) is 11.5 Å². The van der Waals surface area contributed by atoms with Crippen molar-refractivity contribution in [1.29, 1.82) is 0 Å². The molecule has 2 heterocycles. The van der Waals surface area contributed by atoms with Crippen LogP contribution in [-0.4, -0.2) is 32.5 Å². The zero-order chi connectivity index (χ0) is 23.0. The van der Waals surface area contributed by atoms with Gasteiger partial charge in [-0.15, -0.1) is 0 Å². The van der Waals surface area contributed by atoms with Gasteiger partial charge in [-0.25, -0.2) is 13.9 Å². The zero-order valence-corrected chi connectivity index (χ0v) is 16.4. The number of hydrogen-bond acceptors (Lipinski definition) is 4. The Labute approximate surface area is 178 Å². The van der Waals surface area contributed by atoms with E-state index in [1.807, 2.05) is 6.92 Å². The molecule has 0 aliphatic carbocycles. The third-order valence-corrected chi connectivity index (χ3v) is 4.63. The first-order valence-corrected chi connectivity index (χ1v) is 9.29. The van der Waals surface area contributed by atoms with Crippen LogP contribution in [0.15, 0.2) is 60.7 Å². The molecule has 0 bridgehead atoms. The van der Waals surface area contributed by atoms with Gasteiger partial charge in [-0.2, -0.15) is 18.3 Å². The lowest BCUT2D eigenvalue weighted by atomic mass is 10.1. The van der Waals surface area contributed by atoms with Crippen molar-refractivity contribution in [3.8, 4) is 11.3 Å². The zero-order valence-electron chi connectivity index (χ0n) is 16.4. The lowest BCUT2D eigenvalue weighted by Gasteiger charge is -2.09. The molecule has 2 aromatic heterocycles. The summed E-state index contributed by atoms with van der Waals surface area (Å²) < 4.78 is 53.0. The summed E-state index contributed by atoms with van der Waals surface area (Å²) in [6, 6.07) is 14.4. The summed E-state index contributed by atoms with van der Waals surface area (Å²) in [6.45, 7) is 1.87. The van der Waals surface area contributed by atoms with Gasteiger partial charge in [0.1, 0.15) is 17.2 Å². The molecule has 6 nitrogen and oxygen atoms in total. The van der Waals surface area contributed by atoms with Crippen LogP contribution in [-0.2, 0) is 4.79 Å². The van der Waals surface area contributed by atoms with Gasteiger partial charge in [-0.3, -0.25) is 9.59 Å². The number of imidazole rings is 1. The van der Waals surface area contributed by atoms with Crippen molar-refractivity contribution >= 4 is 23.2 Å². The summed E-state index contributed by atoms with van der Waals surface area (Å²) in [6.07, 6.45) is -5.14. The number of fused-ring (bicyclic) bond motifs is 1. The van der Waals surface area contributed by atoms with E-state index in [1.54, 1.807) is 29.6 Å². The van der Waals surface area contributed by atoms with Crippen LogP contribution in [0, 0.1) is 12.7 Å². The summed E-state index contributed by atoms with van der Waals surface area (Å²) in [5, 5.41) is 5.97. The molecule has 4 rings (SSSR count). The molecule has 162 valence electrons. The number of anilines is 1. The number of carbonyl (C=O) groups is 2. The van der Waals surface area contributed by atoms with Crippen molar-refractivity contribution in [2.45, 2.75) is 13.1 Å². The Hall–Kier alpha value is -4.08. The van der Waals surface area contributed by atoms with Crippen molar-refractivity contribution < 1.29 is 27.2 Å². The Morgan fingerprint density at radius 2 is 1.59 bits per heavy atom. The highest BCUT2D eigenvalue weighted by molar-refractivity contribution is 6.07. The number of amides is 1. The quantitative estimate of drug-likeness (QED) is 0.371. The minimum atomic E-state index is -5.14. The predicted octanol–water partition coefficient (Wildman–Crippen LogP) is 4.58. The molecular formula is C22H14F4N4O2. The van der Waals surface area contributed by atoms with Gasteiger partial charge in [0.05, 0.1) is 0 Å². The summed E-state index contributed by atoms with van der Waals surface area (Å²) in [5.41, 5.74) is 1.64. The highest BCUT2D eigenvalue weighted by Gasteiger charge is 2.39. The molecule has 0 aliphatic rings. The maximum Gasteiger partial charge on any atom is 0.471 e. The van der Waals surface area contributed by atoms with E-state index in [4.69, 9.17) is 0 Å². The fraction of sp³-hybridized carbons (Fsp3) is 0.0909. The van der Waals surface area contributed by atoms with Crippen LogP contribution in [0.3, 0.4) is 0 Å². The third kappa shape index (κ3) is 4.07. The maximum absolute atomic E-state index is 13.4. The van der Waals surface area contributed by atoms with E-state index in [0.29, 0.717) is 5.56 Å².